The largest absolute Gasteiger partial charge is 0.497 e. The molecular weight excluding hydrogens is 605 g/mol. The van der Waals surface area contributed by atoms with E-state index in [0.717, 1.165) is 5.56 Å². The Balaban J connectivity index is 1.28. The number of nitrogens with two attached hydrogens (primary N) is 2. The Labute approximate surface area is 234 Å². The van der Waals surface area contributed by atoms with Crippen molar-refractivity contribution in [2.75, 3.05) is 51.9 Å². The van der Waals surface area contributed by atoms with Gasteiger partial charge in [0.05, 0.1) is 25.5 Å². The number of anilines is 2. The number of aromatic nitrogens is 2. The van der Waals surface area contributed by atoms with Gasteiger partial charge < -0.3 is 41.8 Å². The van der Waals surface area contributed by atoms with Gasteiger partial charge in [-0.25, -0.2) is 14.8 Å². The van der Waals surface area contributed by atoms with E-state index in [4.69, 9.17) is 20.9 Å². The first-order valence-corrected chi connectivity index (χ1v) is 13.7. The summed E-state index contributed by atoms with van der Waals surface area (Å²) in [6, 6.07) is 5.57. The molecule has 3 heterocycles. The van der Waals surface area contributed by atoms with E-state index in [0.29, 0.717) is 73.0 Å². The number of benzene rings is 1. The highest BCUT2D eigenvalue weighted by atomic mass is 127. The van der Waals surface area contributed by atoms with Crippen molar-refractivity contribution in [3.8, 4) is 11.5 Å². The summed E-state index contributed by atoms with van der Waals surface area (Å²) in [5.41, 5.74) is 12.8. The van der Waals surface area contributed by atoms with E-state index in [1.165, 1.54) is 0 Å². The predicted octanol–water partition coefficient (Wildman–Crippen LogP) is 1.07. The van der Waals surface area contributed by atoms with Gasteiger partial charge in [0.1, 0.15) is 17.3 Å². The van der Waals surface area contributed by atoms with Crippen LogP contribution in [0.25, 0.3) is 0 Å². The zero-order chi connectivity index (χ0) is 27.3. The number of rotatable bonds is 7. The topological polar surface area (TPSA) is 182 Å². The molecule has 0 bridgehead atoms. The Morgan fingerprint density at radius 1 is 1.13 bits per heavy atom. The van der Waals surface area contributed by atoms with E-state index in [2.05, 4.69) is 53.5 Å². The molecule has 1 aromatic heterocycles. The monoisotopic (exact) mass is 637 g/mol. The lowest BCUT2D eigenvalue weighted by atomic mass is 9.89. The summed E-state index contributed by atoms with van der Waals surface area (Å²) in [5, 5.41) is 9.48. The average molecular weight is 637 g/mol. The van der Waals surface area contributed by atoms with Crippen LogP contribution in [0.15, 0.2) is 23.2 Å². The molecule has 2 aliphatic heterocycles. The number of alkyl halides is 1. The molecule has 2 aliphatic rings. The molecule has 1 spiro atoms. The molecule has 0 radical (unpaired) electrons. The van der Waals surface area contributed by atoms with Crippen molar-refractivity contribution in [3.63, 3.8) is 0 Å². The molecular formula is C24H32IN9O4. The Bertz CT molecular complexity index is 1210. The molecule has 4 rings (SSSR count). The van der Waals surface area contributed by atoms with Gasteiger partial charge in [-0.15, -0.1) is 0 Å². The molecule has 14 heteroatoms. The summed E-state index contributed by atoms with van der Waals surface area (Å²) in [5.74, 6) is 1.33. The molecule has 204 valence electrons. The Kier molecular flexibility index (Phi) is 8.58. The van der Waals surface area contributed by atoms with Crippen LogP contribution in [0, 0.1) is 0 Å². The van der Waals surface area contributed by atoms with E-state index in [1.807, 2.05) is 18.2 Å². The van der Waals surface area contributed by atoms with Gasteiger partial charge in [0, 0.05) is 36.7 Å². The smallest absolute Gasteiger partial charge is 0.317 e. The van der Waals surface area contributed by atoms with Gasteiger partial charge in [0.15, 0.2) is 17.5 Å². The molecule has 0 aliphatic carbocycles. The van der Waals surface area contributed by atoms with Gasteiger partial charge in [-0.2, -0.15) is 4.99 Å². The van der Waals surface area contributed by atoms with Gasteiger partial charge in [0.2, 0.25) is 0 Å². The molecule has 2 fully saturated rings. The minimum absolute atomic E-state index is 0.0261. The van der Waals surface area contributed by atoms with Crippen molar-refractivity contribution >= 4 is 52.1 Å². The standard InChI is InChI=1S/C24H32IN9O4/c1-37-15-9-14(10-16(11-15)38-2)3-6-28-23(36)34-7-4-24(5-8-34)13-29-22(33-24)32-21(35)18-20(27)31-19(26)17(12-25)30-18/h9-11H,3-8,12-13H2,1-2H3,(H,28,36)(H4,26,27,31)(H2,29,32,33,35). The Hall–Kier alpha value is -3.56. The summed E-state index contributed by atoms with van der Waals surface area (Å²) < 4.78 is 11.1. The van der Waals surface area contributed by atoms with E-state index in [1.54, 1.807) is 19.1 Å². The maximum Gasteiger partial charge on any atom is 0.317 e. The number of guanidine groups is 1. The van der Waals surface area contributed by atoms with Crippen LogP contribution in [0.1, 0.15) is 34.6 Å². The molecule has 0 unspecified atom stereocenters. The van der Waals surface area contributed by atoms with Crippen LogP contribution in [0.2, 0.25) is 0 Å². The van der Waals surface area contributed by atoms with Crippen molar-refractivity contribution < 1.29 is 19.1 Å². The number of hydrogen-bond donors (Lipinski definition) is 5. The third-order valence-corrected chi connectivity index (χ3v) is 7.38. The van der Waals surface area contributed by atoms with E-state index >= 15 is 0 Å². The van der Waals surface area contributed by atoms with Crippen LogP contribution >= 0.6 is 22.6 Å². The number of amides is 3. The van der Waals surface area contributed by atoms with Gasteiger partial charge in [-0.3, -0.25) is 4.79 Å². The summed E-state index contributed by atoms with van der Waals surface area (Å²) >= 11 is 2.09. The van der Waals surface area contributed by atoms with Crippen LogP contribution < -0.4 is 36.9 Å². The highest BCUT2D eigenvalue weighted by Crippen LogP contribution is 2.25. The molecule has 2 saturated heterocycles. The lowest BCUT2D eigenvalue weighted by Crippen LogP contribution is -2.55. The lowest BCUT2D eigenvalue weighted by Gasteiger charge is -2.38. The number of carbonyl (C=O) groups excluding carboxylic acids is 2. The zero-order valence-electron chi connectivity index (χ0n) is 21.3. The van der Waals surface area contributed by atoms with Crippen LogP contribution in [0.4, 0.5) is 16.4 Å². The fourth-order valence-corrected chi connectivity index (χ4v) is 5.00. The van der Waals surface area contributed by atoms with Crippen LogP contribution in [-0.4, -0.2) is 78.7 Å². The summed E-state index contributed by atoms with van der Waals surface area (Å²) in [6.45, 7) is 2.23. The predicted molar refractivity (Wildman–Crippen MR) is 152 cm³/mol. The van der Waals surface area contributed by atoms with Gasteiger partial charge >= 0.3 is 11.9 Å². The minimum Gasteiger partial charge on any atom is -0.497 e. The van der Waals surface area contributed by atoms with Crippen molar-refractivity contribution in [3.05, 3.63) is 35.2 Å². The molecule has 38 heavy (non-hydrogen) atoms. The van der Waals surface area contributed by atoms with E-state index < -0.39 is 5.91 Å². The molecule has 13 nitrogen and oxygen atoms in total. The summed E-state index contributed by atoms with van der Waals surface area (Å²) in [6.07, 6.45) is 2.06. The highest BCUT2D eigenvalue weighted by Gasteiger charge is 2.40. The Morgan fingerprint density at radius 3 is 2.45 bits per heavy atom. The van der Waals surface area contributed by atoms with Crippen LogP contribution in [0.5, 0.6) is 11.5 Å². The van der Waals surface area contributed by atoms with Crippen molar-refractivity contribution in [1.82, 2.24) is 30.8 Å². The fraction of sp³-hybridized carbons (Fsp3) is 0.458. The van der Waals surface area contributed by atoms with Crippen molar-refractivity contribution in [2.24, 2.45) is 4.99 Å². The number of halogens is 1. The number of methoxy groups -OCH3 is 2. The van der Waals surface area contributed by atoms with Crippen LogP contribution in [0.3, 0.4) is 0 Å². The number of likely N-dealkylation sites (tertiary alicyclic amines) is 1. The van der Waals surface area contributed by atoms with Crippen LogP contribution in [-0.2, 0) is 10.8 Å². The number of aliphatic imine (C=N–C) groups is 1. The first kappa shape index (κ1) is 27.5. The number of nitrogens with one attached hydrogen (secondary N) is 3. The summed E-state index contributed by atoms with van der Waals surface area (Å²) in [4.78, 5) is 39.6. The zero-order valence-corrected chi connectivity index (χ0v) is 23.5. The van der Waals surface area contributed by atoms with Crippen molar-refractivity contribution in [1.29, 1.82) is 0 Å². The minimum atomic E-state index is -0.599. The van der Waals surface area contributed by atoms with E-state index in [9.17, 15) is 9.59 Å². The molecule has 0 atom stereocenters. The molecule has 7 N–H and O–H groups in total. The number of ether oxygens (including phenoxy) is 2. The molecule has 0 saturated carbocycles. The Morgan fingerprint density at radius 2 is 1.82 bits per heavy atom. The molecule has 3 amide bonds. The maximum atomic E-state index is 12.7. The third-order valence-electron chi connectivity index (χ3n) is 6.66. The second-order valence-electron chi connectivity index (χ2n) is 9.14. The van der Waals surface area contributed by atoms with Gasteiger partial charge in [-0.05, 0) is 37.0 Å². The number of urea groups is 1. The third kappa shape index (κ3) is 6.28. The SMILES string of the molecule is COc1cc(CCNC(=O)N2CCC3(CC2)CN/C(=N\C(=O)c2nc(CI)c(N)nc2N)N3)cc(OC)c1. The lowest BCUT2D eigenvalue weighted by molar-refractivity contribution is 0.0998. The van der Waals surface area contributed by atoms with Crippen molar-refractivity contribution in [2.45, 2.75) is 29.2 Å². The molecule has 2 aromatic rings. The van der Waals surface area contributed by atoms with Gasteiger partial charge in [0.25, 0.3) is 0 Å². The number of piperidine rings is 1. The first-order valence-electron chi connectivity index (χ1n) is 12.1. The summed E-state index contributed by atoms with van der Waals surface area (Å²) in [7, 11) is 3.22. The van der Waals surface area contributed by atoms with Gasteiger partial charge in [-0.1, -0.05) is 22.6 Å². The quantitative estimate of drug-likeness (QED) is 0.218. The second kappa shape index (κ2) is 11.9. The fourth-order valence-electron chi connectivity index (χ4n) is 4.44. The average Bonchev–Trinajstić information content (AvgIpc) is 3.30. The number of carbonyl (C=O) groups is 2. The highest BCUT2D eigenvalue weighted by molar-refractivity contribution is 14.1. The first-order chi connectivity index (χ1) is 18.3. The normalized spacial score (nSPS) is 17.1. The second-order valence-corrected chi connectivity index (χ2v) is 9.90. The molecule has 1 aromatic carbocycles. The van der Waals surface area contributed by atoms with E-state index in [-0.39, 0.29) is 28.9 Å². The number of nitrogens with zero attached hydrogens (tertiary/aromatic N) is 4. The number of nitrogen functional groups attached to an aromatic ring is 2. The maximum absolute atomic E-state index is 12.7. The number of hydrogen-bond acceptors (Lipinski definition) is 8.